The lowest BCUT2D eigenvalue weighted by atomic mass is 9.70. The number of fused-ring (bicyclic) bond motifs is 13. The summed E-state index contributed by atoms with van der Waals surface area (Å²) in [6.07, 6.45) is 0. The van der Waals surface area contributed by atoms with E-state index in [4.69, 9.17) is 11.6 Å². The zero-order chi connectivity index (χ0) is 32.2. The normalized spacial score (nSPS) is 14.9. The fourth-order valence-corrected chi connectivity index (χ4v) is 9.50. The predicted molar refractivity (Wildman–Crippen MR) is 200 cm³/mol. The quantitative estimate of drug-likeness (QED) is 0.187. The first kappa shape index (κ1) is 27.7. The SMILES string of the molecule is CC1(C)c2ccccc2-c2cc(N(c3ccccc3)c3ccc(Cl)c4c3-c3ccccc3C43c4ccccc4-c4ccccc43)ccc21. The average molecular weight is 634 g/mol. The van der Waals surface area contributed by atoms with Crippen molar-refractivity contribution in [1.29, 1.82) is 0 Å². The molecule has 3 aliphatic rings. The first-order valence-corrected chi connectivity index (χ1v) is 17.1. The second-order valence-corrected chi connectivity index (χ2v) is 14.2. The molecule has 0 aliphatic heterocycles. The summed E-state index contributed by atoms with van der Waals surface area (Å²) in [6.45, 7) is 4.68. The molecule has 0 heterocycles. The molecular formula is C46H32ClN. The number of rotatable bonds is 3. The van der Waals surface area contributed by atoms with E-state index < -0.39 is 5.41 Å². The molecule has 7 aromatic rings. The highest BCUT2D eigenvalue weighted by molar-refractivity contribution is 6.33. The maximum Gasteiger partial charge on any atom is 0.0740 e. The van der Waals surface area contributed by atoms with Crippen molar-refractivity contribution < 1.29 is 0 Å². The Balaban J connectivity index is 1.30. The van der Waals surface area contributed by atoms with E-state index in [1.807, 2.05) is 0 Å². The van der Waals surface area contributed by atoms with Gasteiger partial charge in [-0.15, -0.1) is 0 Å². The van der Waals surface area contributed by atoms with Crippen LogP contribution in [0.4, 0.5) is 17.1 Å². The van der Waals surface area contributed by atoms with Gasteiger partial charge in [0.15, 0.2) is 0 Å². The number of para-hydroxylation sites is 1. The largest absolute Gasteiger partial charge is 0.310 e. The Bertz CT molecular complexity index is 2410. The summed E-state index contributed by atoms with van der Waals surface area (Å²) in [5.74, 6) is 0. The summed E-state index contributed by atoms with van der Waals surface area (Å²) in [5.41, 5.74) is 18.1. The van der Waals surface area contributed by atoms with Crippen molar-refractivity contribution in [3.63, 3.8) is 0 Å². The molecule has 0 N–H and O–H groups in total. The summed E-state index contributed by atoms with van der Waals surface area (Å²) in [4.78, 5) is 2.44. The van der Waals surface area contributed by atoms with E-state index in [2.05, 4.69) is 176 Å². The van der Waals surface area contributed by atoms with Gasteiger partial charge in [-0.25, -0.2) is 0 Å². The number of nitrogens with zero attached hydrogens (tertiary/aromatic N) is 1. The summed E-state index contributed by atoms with van der Waals surface area (Å²) in [6, 6.07) is 57.8. The summed E-state index contributed by atoms with van der Waals surface area (Å²) >= 11 is 7.48. The van der Waals surface area contributed by atoms with Gasteiger partial charge >= 0.3 is 0 Å². The smallest absolute Gasteiger partial charge is 0.0740 e. The Morgan fingerprint density at radius 1 is 0.438 bits per heavy atom. The minimum atomic E-state index is -0.518. The monoisotopic (exact) mass is 633 g/mol. The van der Waals surface area contributed by atoms with Crippen molar-refractivity contribution in [2.75, 3.05) is 4.90 Å². The zero-order valence-corrected chi connectivity index (χ0v) is 27.6. The van der Waals surface area contributed by atoms with Gasteiger partial charge in [-0.2, -0.15) is 0 Å². The van der Waals surface area contributed by atoms with Crippen molar-refractivity contribution in [3.8, 4) is 33.4 Å². The van der Waals surface area contributed by atoms with Crippen molar-refractivity contribution in [3.05, 3.63) is 196 Å². The van der Waals surface area contributed by atoms with E-state index in [1.54, 1.807) is 0 Å². The molecule has 3 aliphatic carbocycles. The topological polar surface area (TPSA) is 3.24 Å². The minimum absolute atomic E-state index is 0.0574. The number of hydrogen-bond acceptors (Lipinski definition) is 1. The molecule has 1 nitrogen and oxygen atoms in total. The molecule has 7 aromatic carbocycles. The van der Waals surface area contributed by atoms with Crippen LogP contribution in [-0.4, -0.2) is 0 Å². The maximum atomic E-state index is 7.48. The van der Waals surface area contributed by atoms with Crippen molar-refractivity contribution >= 4 is 28.7 Å². The van der Waals surface area contributed by atoms with Crippen LogP contribution < -0.4 is 4.90 Å². The fourth-order valence-electron chi connectivity index (χ4n) is 9.20. The van der Waals surface area contributed by atoms with Gasteiger partial charge in [0, 0.05) is 32.9 Å². The van der Waals surface area contributed by atoms with E-state index in [1.165, 1.54) is 61.2 Å². The van der Waals surface area contributed by atoms with E-state index in [0.717, 1.165) is 27.6 Å². The molecule has 0 bridgehead atoms. The molecule has 0 radical (unpaired) electrons. The van der Waals surface area contributed by atoms with Crippen LogP contribution in [0.25, 0.3) is 33.4 Å². The van der Waals surface area contributed by atoms with Gasteiger partial charge in [0.25, 0.3) is 0 Å². The molecule has 0 saturated heterocycles. The lowest BCUT2D eigenvalue weighted by molar-refractivity contribution is 0.660. The van der Waals surface area contributed by atoms with E-state index in [9.17, 15) is 0 Å². The van der Waals surface area contributed by atoms with Crippen LogP contribution in [0.15, 0.2) is 158 Å². The number of halogens is 1. The third-order valence-electron chi connectivity index (χ3n) is 11.1. The summed E-state index contributed by atoms with van der Waals surface area (Å²) in [5, 5.41) is 0.786. The molecule has 228 valence electrons. The van der Waals surface area contributed by atoms with Gasteiger partial charge in [-0.3, -0.25) is 0 Å². The highest BCUT2D eigenvalue weighted by atomic mass is 35.5. The predicted octanol–water partition coefficient (Wildman–Crippen LogP) is 12.5. The van der Waals surface area contributed by atoms with Crippen LogP contribution in [0.1, 0.15) is 47.2 Å². The van der Waals surface area contributed by atoms with E-state index in [0.29, 0.717) is 0 Å². The second-order valence-electron chi connectivity index (χ2n) is 13.8. The molecular weight excluding hydrogens is 602 g/mol. The molecule has 0 atom stereocenters. The molecule has 0 fully saturated rings. The van der Waals surface area contributed by atoms with Gasteiger partial charge in [-0.05, 0) is 92.0 Å². The van der Waals surface area contributed by atoms with Crippen molar-refractivity contribution in [1.82, 2.24) is 0 Å². The third kappa shape index (κ3) is 3.42. The molecule has 0 unspecified atom stereocenters. The van der Waals surface area contributed by atoms with Gasteiger partial charge < -0.3 is 4.90 Å². The van der Waals surface area contributed by atoms with Gasteiger partial charge in [0.1, 0.15) is 0 Å². The first-order chi connectivity index (χ1) is 23.5. The minimum Gasteiger partial charge on any atom is -0.310 e. The van der Waals surface area contributed by atoms with E-state index >= 15 is 0 Å². The number of anilines is 3. The molecule has 2 heteroatoms. The molecule has 10 rings (SSSR count). The van der Waals surface area contributed by atoms with Crippen LogP contribution in [0.2, 0.25) is 5.02 Å². The first-order valence-electron chi connectivity index (χ1n) is 16.7. The standard InChI is InChI=1S/C46H32ClN/c1-45(2)36-20-10-6-18-33(36)35-28-30(24-25-37(35)45)48(29-14-4-3-5-15-29)42-27-26-41(47)44-43(42)34-19-9-13-23-40(34)46(44)38-21-11-7-16-31(38)32-17-8-12-22-39(32)46/h3-28H,1-2H3. The van der Waals surface area contributed by atoms with Crippen molar-refractivity contribution in [2.45, 2.75) is 24.7 Å². The van der Waals surface area contributed by atoms with E-state index in [-0.39, 0.29) is 5.41 Å². The Hall–Kier alpha value is -5.37. The van der Waals surface area contributed by atoms with Crippen LogP contribution in [0.3, 0.4) is 0 Å². The maximum absolute atomic E-state index is 7.48. The Morgan fingerprint density at radius 2 is 0.938 bits per heavy atom. The fraction of sp³-hybridized carbons (Fsp3) is 0.0870. The van der Waals surface area contributed by atoms with Crippen LogP contribution >= 0.6 is 11.6 Å². The highest BCUT2D eigenvalue weighted by Crippen LogP contribution is 2.66. The molecule has 1 spiro atoms. The lowest BCUT2D eigenvalue weighted by Crippen LogP contribution is -2.26. The number of benzene rings is 7. The third-order valence-corrected chi connectivity index (χ3v) is 11.5. The molecule has 0 amide bonds. The van der Waals surface area contributed by atoms with Crippen LogP contribution in [0, 0.1) is 0 Å². The Kier molecular flexibility index (Phi) is 5.67. The highest BCUT2D eigenvalue weighted by Gasteiger charge is 2.53. The summed E-state index contributed by atoms with van der Waals surface area (Å²) in [7, 11) is 0. The summed E-state index contributed by atoms with van der Waals surface area (Å²) < 4.78 is 0. The van der Waals surface area contributed by atoms with Gasteiger partial charge in [-0.1, -0.05) is 147 Å². The Labute approximate surface area is 286 Å². The molecule has 0 saturated carbocycles. The van der Waals surface area contributed by atoms with Crippen LogP contribution in [0.5, 0.6) is 0 Å². The zero-order valence-electron chi connectivity index (χ0n) is 26.8. The van der Waals surface area contributed by atoms with Crippen molar-refractivity contribution in [2.24, 2.45) is 0 Å². The molecule has 0 aromatic heterocycles. The van der Waals surface area contributed by atoms with Gasteiger partial charge in [0.05, 0.1) is 11.1 Å². The Morgan fingerprint density at radius 3 is 1.58 bits per heavy atom. The molecule has 48 heavy (non-hydrogen) atoms. The average Bonchev–Trinajstić information content (AvgIpc) is 3.70. The second kappa shape index (κ2) is 9.83. The number of hydrogen-bond donors (Lipinski definition) is 0. The van der Waals surface area contributed by atoms with Crippen LogP contribution in [-0.2, 0) is 10.8 Å². The lowest BCUT2D eigenvalue weighted by Gasteiger charge is -2.32. The van der Waals surface area contributed by atoms with Gasteiger partial charge in [0.2, 0.25) is 0 Å².